The van der Waals surface area contributed by atoms with E-state index in [2.05, 4.69) is 21.0 Å². The molecule has 1 saturated heterocycles. The first kappa shape index (κ1) is 19.1. The summed E-state index contributed by atoms with van der Waals surface area (Å²) in [6.07, 6.45) is 6.96. The summed E-state index contributed by atoms with van der Waals surface area (Å²) < 4.78 is 16.3. The minimum atomic E-state index is -0.487. The van der Waals surface area contributed by atoms with E-state index >= 15 is 0 Å². The molecule has 1 aliphatic heterocycles. The number of aryl methyl sites for hydroxylation is 2. The molecule has 8 heteroatoms. The number of nitrogens with zero attached hydrogens (tertiary/aromatic N) is 5. The number of rotatable bonds is 3. The van der Waals surface area contributed by atoms with Crippen molar-refractivity contribution in [3.8, 4) is 17.2 Å². The van der Waals surface area contributed by atoms with Crippen molar-refractivity contribution >= 4 is 24.3 Å². The number of nitrogens with two attached hydrogens (primary N) is 1. The summed E-state index contributed by atoms with van der Waals surface area (Å²) in [6, 6.07) is 5.27. The van der Waals surface area contributed by atoms with Gasteiger partial charge in [-0.2, -0.15) is 5.10 Å². The Morgan fingerprint density at radius 1 is 1.31 bits per heavy atom. The first-order valence-corrected chi connectivity index (χ1v) is 9.80. The standard InChI is InChI=1S/C21H22BFN6/c1-13-7-19(28-29-11-14(2)27-21(13)29)15-8-16(20(25)18(23)9-15)10-26-17-3-5-22(12-24)6-4-17/h7-11,17H,3-6,25H2,1-2H3. The van der Waals surface area contributed by atoms with Crippen LogP contribution in [-0.4, -0.2) is 33.6 Å². The van der Waals surface area contributed by atoms with Crippen molar-refractivity contribution < 1.29 is 4.39 Å². The lowest BCUT2D eigenvalue weighted by atomic mass is 9.42. The first-order chi connectivity index (χ1) is 13.9. The molecule has 2 N–H and O–H groups in total. The normalized spacial score (nSPS) is 15.3. The Kier molecular flexibility index (Phi) is 5.06. The molecule has 1 aliphatic rings. The molecule has 2 aromatic heterocycles. The van der Waals surface area contributed by atoms with Gasteiger partial charge in [0, 0.05) is 29.4 Å². The van der Waals surface area contributed by atoms with Crippen LogP contribution in [0.5, 0.6) is 0 Å². The third-order valence-electron chi connectivity index (χ3n) is 5.49. The fourth-order valence-electron chi connectivity index (χ4n) is 3.82. The monoisotopic (exact) mass is 388 g/mol. The van der Waals surface area contributed by atoms with Gasteiger partial charge < -0.3 is 5.73 Å². The molecule has 0 bridgehead atoms. The van der Waals surface area contributed by atoms with Crippen LogP contribution in [-0.2, 0) is 0 Å². The van der Waals surface area contributed by atoms with Crippen molar-refractivity contribution in [1.29, 1.82) is 5.26 Å². The lowest BCUT2D eigenvalue weighted by Crippen LogP contribution is -2.22. The number of fused-ring (bicyclic) bond motifs is 1. The summed E-state index contributed by atoms with van der Waals surface area (Å²) in [4.78, 5) is 9.07. The molecule has 3 aromatic rings. The molecule has 0 saturated carbocycles. The van der Waals surface area contributed by atoms with Gasteiger partial charge in [-0.25, -0.2) is 19.2 Å². The highest BCUT2D eigenvalue weighted by atomic mass is 19.1. The molecule has 0 unspecified atom stereocenters. The number of nitrogen functional groups attached to an aromatic ring is 1. The highest BCUT2D eigenvalue weighted by Crippen LogP contribution is 2.27. The molecule has 0 aliphatic carbocycles. The Labute approximate surface area is 169 Å². The van der Waals surface area contributed by atoms with Crippen molar-refractivity contribution in [3.05, 3.63) is 47.0 Å². The number of aliphatic imine (C=N–C) groups is 1. The lowest BCUT2D eigenvalue weighted by Gasteiger charge is -2.19. The zero-order valence-corrected chi connectivity index (χ0v) is 16.6. The van der Waals surface area contributed by atoms with Gasteiger partial charge in [0.2, 0.25) is 0 Å². The zero-order valence-electron chi connectivity index (χ0n) is 16.6. The van der Waals surface area contributed by atoms with Crippen molar-refractivity contribution in [1.82, 2.24) is 14.6 Å². The molecule has 1 aromatic carbocycles. The van der Waals surface area contributed by atoms with Crippen LogP contribution in [0, 0.1) is 30.9 Å². The summed E-state index contributed by atoms with van der Waals surface area (Å²) in [5.74, 6) is 1.84. The second-order valence-electron chi connectivity index (χ2n) is 7.74. The molecule has 0 atom stereocenters. The fourth-order valence-corrected chi connectivity index (χ4v) is 3.82. The molecule has 146 valence electrons. The van der Waals surface area contributed by atoms with Gasteiger partial charge >= 0.3 is 0 Å². The summed E-state index contributed by atoms with van der Waals surface area (Å²) in [6.45, 7) is 4.00. The second kappa shape index (κ2) is 7.67. The molecule has 29 heavy (non-hydrogen) atoms. The number of benzene rings is 1. The Hall–Kier alpha value is -3.21. The van der Waals surface area contributed by atoms with Crippen LogP contribution in [0.4, 0.5) is 10.1 Å². The van der Waals surface area contributed by atoms with Crippen LogP contribution in [0.1, 0.15) is 29.7 Å². The van der Waals surface area contributed by atoms with Gasteiger partial charge in [-0.1, -0.05) is 12.6 Å². The van der Waals surface area contributed by atoms with Gasteiger partial charge in [0.25, 0.3) is 6.71 Å². The number of hydrogen-bond acceptors (Lipinski definition) is 5. The van der Waals surface area contributed by atoms with Crippen molar-refractivity contribution in [3.63, 3.8) is 0 Å². The quantitative estimate of drug-likeness (QED) is 0.419. The Morgan fingerprint density at radius 2 is 2.07 bits per heavy atom. The van der Waals surface area contributed by atoms with E-state index in [1.807, 2.05) is 32.2 Å². The van der Waals surface area contributed by atoms with E-state index < -0.39 is 5.82 Å². The first-order valence-electron chi connectivity index (χ1n) is 9.80. The predicted octanol–water partition coefficient (Wildman–Crippen LogP) is 3.87. The van der Waals surface area contributed by atoms with Gasteiger partial charge in [0.05, 0.1) is 23.3 Å². The van der Waals surface area contributed by atoms with Gasteiger partial charge in [-0.15, -0.1) is 0 Å². The van der Waals surface area contributed by atoms with E-state index in [1.165, 1.54) is 6.07 Å². The van der Waals surface area contributed by atoms with E-state index in [-0.39, 0.29) is 18.4 Å². The Morgan fingerprint density at radius 3 is 2.79 bits per heavy atom. The van der Waals surface area contributed by atoms with Crippen LogP contribution < -0.4 is 5.73 Å². The zero-order chi connectivity index (χ0) is 20.5. The van der Waals surface area contributed by atoms with Crippen LogP contribution in [0.2, 0.25) is 12.6 Å². The molecular weight excluding hydrogens is 366 g/mol. The van der Waals surface area contributed by atoms with Crippen molar-refractivity contribution in [2.45, 2.75) is 45.4 Å². The fraction of sp³-hybridized carbons (Fsp3) is 0.333. The Bertz CT molecular complexity index is 1140. The topological polar surface area (TPSA) is 92.4 Å². The largest absolute Gasteiger partial charge is 0.396 e. The molecule has 1 fully saturated rings. The summed E-state index contributed by atoms with van der Waals surface area (Å²) in [5, 5.41) is 13.6. The molecule has 4 rings (SSSR count). The third kappa shape index (κ3) is 3.86. The number of nitriles is 1. The number of aromatic nitrogens is 3. The minimum Gasteiger partial charge on any atom is -0.396 e. The number of imidazole rings is 1. The van der Waals surface area contributed by atoms with Gasteiger partial charge in [0.15, 0.2) is 5.65 Å². The van der Waals surface area contributed by atoms with E-state index in [9.17, 15) is 4.39 Å². The van der Waals surface area contributed by atoms with Gasteiger partial charge in [-0.05, 0) is 50.5 Å². The lowest BCUT2D eigenvalue weighted by molar-refractivity contribution is 0.605. The average molecular weight is 388 g/mol. The van der Waals surface area contributed by atoms with E-state index in [0.717, 1.165) is 42.4 Å². The highest BCUT2D eigenvalue weighted by molar-refractivity contribution is 6.67. The average Bonchev–Trinajstić information content (AvgIpc) is 3.10. The molecule has 0 radical (unpaired) electrons. The third-order valence-corrected chi connectivity index (χ3v) is 5.49. The van der Waals surface area contributed by atoms with E-state index in [1.54, 1.807) is 10.7 Å². The summed E-state index contributed by atoms with van der Waals surface area (Å²) >= 11 is 0. The summed E-state index contributed by atoms with van der Waals surface area (Å²) in [5.41, 5.74) is 10.5. The number of halogens is 1. The van der Waals surface area contributed by atoms with E-state index in [4.69, 9.17) is 11.0 Å². The molecule has 6 nitrogen and oxygen atoms in total. The molecule has 0 amide bonds. The molecule has 3 heterocycles. The van der Waals surface area contributed by atoms with Gasteiger partial charge in [0.1, 0.15) is 5.82 Å². The minimum absolute atomic E-state index is 0.0829. The second-order valence-corrected chi connectivity index (χ2v) is 7.74. The maximum absolute atomic E-state index is 14.5. The smallest absolute Gasteiger partial charge is 0.268 e. The Balaban J connectivity index is 1.66. The van der Waals surface area contributed by atoms with Crippen LogP contribution in [0.25, 0.3) is 16.9 Å². The number of hydrogen-bond donors (Lipinski definition) is 1. The van der Waals surface area contributed by atoms with Crippen LogP contribution in [0.3, 0.4) is 0 Å². The summed E-state index contributed by atoms with van der Waals surface area (Å²) in [7, 11) is 0. The van der Waals surface area contributed by atoms with E-state index in [0.29, 0.717) is 16.8 Å². The predicted molar refractivity (Wildman–Crippen MR) is 114 cm³/mol. The molecule has 0 spiro atoms. The van der Waals surface area contributed by atoms with Crippen molar-refractivity contribution in [2.24, 2.45) is 4.99 Å². The molecular formula is C21H22BFN6. The van der Waals surface area contributed by atoms with Crippen LogP contribution >= 0.6 is 0 Å². The van der Waals surface area contributed by atoms with Crippen molar-refractivity contribution in [2.75, 3.05) is 5.73 Å². The van der Waals surface area contributed by atoms with Crippen LogP contribution in [0.15, 0.2) is 29.4 Å². The number of anilines is 1. The van der Waals surface area contributed by atoms with Gasteiger partial charge in [-0.3, -0.25) is 4.99 Å². The maximum Gasteiger partial charge on any atom is 0.268 e. The maximum atomic E-state index is 14.5. The SMILES string of the molecule is Cc1cn2nc(-c3cc(F)c(N)c(C=NC4CCB(C#N)CC4)c3)cc(C)c2n1. The highest BCUT2D eigenvalue weighted by Gasteiger charge is 2.23.